The van der Waals surface area contributed by atoms with E-state index in [9.17, 15) is 0 Å². The zero-order valence-electron chi connectivity index (χ0n) is 5.10. The zero-order chi connectivity index (χ0) is 6.69. The van der Waals surface area contributed by atoms with Crippen molar-refractivity contribution >= 4 is 11.6 Å². The highest BCUT2D eigenvalue weighted by Crippen LogP contribution is 2.12. The molecule has 0 radical (unpaired) electrons. The minimum absolute atomic E-state index is 0.0968. The number of ether oxygens (including phenoxy) is 2. The molecule has 3 heteroatoms. The molecule has 52 valence electrons. The molecular formula is C6H9ClO2. The van der Waals surface area contributed by atoms with E-state index in [1.165, 1.54) is 0 Å². The Kier molecular flexibility index (Phi) is 2.51. The van der Waals surface area contributed by atoms with Gasteiger partial charge in [-0.2, -0.15) is 0 Å². The predicted octanol–water partition coefficient (Wildman–Crippen LogP) is 1.15. The molecule has 0 aromatic rings. The van der Waals surface area contributed by atoms with Gasteiger partial charge in [0.25, 0.3) is 0 Å². The molecule has 0 aliphatic carbocycles. The third-order valence-electron chi connectivity index (χ3n) is 1.17. The van der Waals surface area contributed by atoms with E-state index in [0.717, 1.165) is 0 Å². The summed E-state index contributed by atoms with van der Waals surface area (Å²) < 4.78 is 10.3. The first-order valence-corrected chi connectivity index (χ1v) is 3.22. The van der Waals surface area contributed by atoms with Gasteiger partial charge in [0.1, 0.15) is 6.10 Å². The van der Waals surface area contributed by atoms with Crippen LogP contribution in [-0.2, 0) is 9.47 Å². The van der Waals surface area contributed by atoms with Gasteiger partial charge in [-0.3, -0.25) is 0 Å². The van der Waals surface area contributed by atoms with Crippen molar-refractivity contribution in [1.29, 1.82) is 0 Å². The number of rotatable bonds is 1. The third kappa shape index (κ3) is 1.97. The average molecular weight is 149 g/mol. The van der Waals surface area contributed by atoms with Crippen LogP contribution >= 0.6 is 11.6 Å². The second-order valence-electron chi connectivity index (χ2n) is 1.88. The van der Waals surface area contributed by atoms with Crippen LogP contribution in [0.15, 0.2) is 11.6 Å². The van der Waals surface area contributed by atoms with E-state index in [1.54, 1.807) is 0 Å². The minimum Gasteiger partial charge on any atom is -0.376 e. The van der Waals surface area contributed by atoms with E-state index >= 15 is 0 Å². The molecule has 1 aliphatic heterocycles. The van der Waals surface area contributed by atoms with Crippen molar-refractivity contribution in [3.05, 3.63) is 11.6 Å². The van der Waals surface area contributed by atoms with Gasteiger partial charge >= 0.3 is 0 Å². The molecule has 0 saturated carbocycles. The van der Waals surface area contributed by atoms with Crippen molar-refractivity contribution in [2.24, 2.45) is 0 Å². The van der Waals surface area contributed by atoms with Crippen molar-refractivity contribution in [3.63, 3.8) is 0 Å². The van der Waals surface area contributed by atoms with E-state index in [1.807, 2.05) is 0 Å². The van der Waals surface area contributed by atoms with Crippen LogP contribution in [0.1, 0.15) is 0 Å². The lowest BCUT2D eigenvalue weighted by molar-refractivity contribution is -0.0692. The molecule has 2 nitrogen and oxygen atoms in total. The Morgan fingerprint density at radius 1 is 1.56 bits per heavy atom. The Hall–Kier alpha value is -0.0500. The molecule has 0 spiro atoms. The lowest BCUT2D eigenvalue weighted by Crippen LogP contribution is -2.28. The van der Waals surface area contributed by atoms with Crippen LogP contribution in [0, 0.1) is 0 Å². The first-order valence-electron chi connectivity index (χ1n) is 2.84. The zero-order valence-corrected chi connectivity index (χ0v) is 5.86. The molecular weight excluding hydrogens is 140 g/mol. The average Bonchev–Trinajstić information content (AvgIpc) is 1.90. The highest BCUT2D eigenvalue weighted by atomic mass is 35.5. The maximum Gasteiger partial charge on any atom is 0.116 e. The Morgan fingerprint density at radius 2 is 2.33 bits per heavy atom. The quantitative estimate of drug-likeness (QED) is 0.556. The molecule has 1 atom stereocenters. The smallest absolute Gasteiger partial charge is 0.116 e. The fourth-order valence-electron chi connectivity index (χ4n) is 0.669. The van der Waals surface area contributed by atoms with E-state index in [4.69, 9.17) is 21.1 Å². The Labute approximate surface area is 59.4 Å². The number of hydrogen-bond acceptors (Lipinski definition) is 2. The fourth-order valence-corrected chi connectivity index (χ4v) is 0.795. The highest BCUT2D eigenvalue weighted by molar-refractivity contribution is 6.29. The van der Waals surface area contributed by atoms with Crippen LogP contribution in [0.25, 0.3) is 0 Å². The maximum atomic E-state index is 5.56. The third-order valence-corrected chi connectivity index (χ3v) is 1.41. The van der Waals surface area contributed by atoms with Gasteiger partial charge in [0.15, 0.2) is 0 Å². The standard InChI is InChI=1S/C6H9ClO2/c1-5(7)6-4-8-2-3-9-6/h6H,1-4H2. The van der Waals surface area contributed by atoms with Gasteiger partial charge < -0.3 is 9.47 Å². The molecule has 1 fully saturated rings. The van der Waals surface area contributed by atoms with Crippen LogP contribution in [0.3, 0.4) is 0 Å². The summed E-state index contributed by atoms with van der Waals surface area (Å²) in [7, 11) is 0. The van der Waals surface area contributed by atoms with E-state index in [-0.39, 0.29) is 6.10 Å². The van der Waals surface area contributed by atoms with Crippen LogP contribution in [0.5, 0.6) is 0 Å². The summed E-state index contributed by atoms with van der Waals surface area (Å²) in [4.78, 5) is 0. The van der Waals surface area contributed by atoms with Gasteiger partial charge in [-0.05, 0) is 0 Å². The predicted molar refractivity (Wildman–Crippen MR) is 35.6 cm³/mol. The fraction of sp³-hybridized carbons (Fsp3) is 0.667. The topological polar surface area (TPSA) is 18.5 Å². The molecule has 1 unspecified atom stereocenters. The largest absolute Gasteiger partial charge is 0.376 e. The van der Waals surface area contributed by atoms with Crippen LogP contribution in [0.2, 0.25) is 0 Å². The maximum absolute atomic E-state index is 5.56. The summed E-state index contributed by atoms with van der Waals surface area (Å²) in [6.45, 7) is 5.37. The first-order chi connectivity index (χ1) is 4.30. The van der Waals surface area contributed by atoms with Gasteiger partial charge in [0, 0.05) is 5.03 Å². The SMILES string of the molecule is C=C(Cl)C1COCCO1. The van der Waals surface area contributed by atoms with Gasteiger partial charge in [-0.1, -0.05) is 18.2 Å². The minimum atomic E-state index is -0.0968. The summed E-state index contributed by atoms with van der Waals surface area (Å²) in [5.41, 5.74) is 0. The van der Waals surface area contributed by atoms with E-state index in [0.29, 0.717) is 24.9 Å². The normalized spacial score (nSPS) is 27.9. The number of hydrogen-bond donors (Lipinski definition) is 0. The number of halogens is 1. The highest BCUT2D eigenvalue weighted by Gasteiger charge is 2.15. The van der Waals surface area contributed by atoms with Crippen molar-refractivity contribution in [2.75, 3.05) is 19.8 Å². The second kappa shape index (κ2) is 3.20. The van der Waals surface area contributed by atoms with Crippen molar-refractivity contribution < 1.29 is 9.47 Å². The molecule has 0 amide bonds. The molecule has 0 aromatic carbocycles. The Morgan fingerprint density at radius 3 is 2.67 bits per heavy atom. The summed E-state index contributed by atoms with van der Waals surface area (Å²) in [6.07, 6.45) is -0.0968. The lowest BCUT2D eigenvalue weighted by Gasteiger charge is -2.21. The molecule has 0 bridgehead atoms. The van der Waals surface area contributed by atoms with Crippen molar-refractivity contribution in [3.8, 4) is 0 Å². The van der Waals surface area contributed by atoms with Crippen LogP contribution in [0.4, 0.5) is 0 Å². The first kappa shape index (κ1) is 7.06. The Balaban J connectivity index is 2.31. The second-order valence-corrected chi connectivity index (χ2v) is 2.37. The van der Waals surface area contributed by atoms with E-state index < -0.39 is 0 Å². The van der Waals surface area contributed by atoms with Gasteiger partial charge in [-0.25, -0.2) is 0 Å². The van der Waals surface area contributed by atoms with Gasteiger partial charge in [0.05, 0.1) is 19.8 Å². The van der Waals surface area contributed by atoms with Crippen molar-refractivity contribution in [2.45, 2.75) is 6.10 Å². The summed E-state index contributed by atoms with van der Waals surface area (Å²) >= 11 is 5.56. The van der Waals surface area contributed by atoms with Gasteiger partial charge in [-0.15, -0.1) is 0 Å². The molecule has 1 rings (SSSR count). The van der Waals surface area contributed by atoms with Crippen LogP contribution < -0.4 is 0 Å². The molecule has 1 saturated heterocycles. The van der Waals surface area contributed by atoms with Gasteiger partial charge in [0.2, 0.25) is 0 Å². The Bertz CT molecular complexity index is 108. The molecule has 0 aromatic heterocycles. The summed E-state index contributed by atoms with van der Waals surface area (Å²) in [5, 5.41) is 0.523. The van der Waals surface area contributed by atoms with E-state index in [2.05, 4.69) is 6.58 Å². The van der Waals surface area contributed by atoms with Crippen molar-refractivity contribution in [1.82, 2.24) is 0 Å². The van der Waals surface area contributed by atoms with Crippen LogP contribution in [-0.4, -0.2) is 25.9 Å². The lowest BCUT2D eigenvalue weighted by atomic mass is 10.3. The summed E-state index contributed by atoms with van der Waals surface area (Å²) in [5.74, 6) is 0. The molecule has 1 heterocycles. The molecule has 9 heavy (non-hydrogen) atoms. The molecule has 0 N–H and O–H groups in total. The monoisotopic (exact) mass is 148 g/mol. The molecule has 1 aliphatic rings. The summed E-state index contributed by atoms with van der Waals surface area (Å²) in [6, 6.07) is 0.